The fraction of sp³-hybridized carbons (Fsp3) is 0.455. The van der Waals surface area contributed by atoms with Crippen molar-refractivity contribution >= 4 is 5.57 Å². The van der Waals surface area contributed by atoms with Crippen LogP contribution in [0.1, 0.15) is 51.7 Å². The molecule has 1 aromatic rings. The molecule has 1 aliphatic carbocycles. The minimum absolute atomic E-state index is 0.0729. The molecular weight excluding hydrogens is 278 g/mol. The summed E-state index contributed by atoms with van der Waals surface area (Å²) in [5, 5.41) is 0. The second-order valence-corrected chi connectivity index (χ2v) is 7.56. The van der Waals surface area contributed by atoms with Crippen LogP contribution in [0.4, 0.5) is 0 Å². The van der Waals surface area contributed by atoms with Gasteiger partial charge in [0.05, 0.1) is 0 Å². The Morgan fingerprint density at radius 2 is 2.09 bits per heavy atom. The van der Waals surface area contributed by atoms with Gasteiger partial charge in [0.25, 0.3) is 0 Å². The molecule has 2 rings (SSSR count). The Balaban J connectivity index is 1.97. The van der Waals surface area contributed by atoms with Crippen molar-refractivity contribution in [3.05, 3.63) is 54.1 Å². The lowest BCUT2D eigenvalue weighted by Crippen LogP contribution is -2.25. The molecule has 0 N–H and O–H groups in total. The minimum Gasteiger partial charge on any atom is -0.292 e. The first-order valence-corrected chi connectivity index (χ1v) is 8.52. The molecule has 0 spiro atoms. The first-order chi connectivity index (χ1) is 10.8. The monoisotopic (exact) mass is 307 g/mol. The van der Waals surface area contributed by atoms with Gasteiger partial charge in [0.2, 0.25) is 0 Å². The molecule has 1 aromatic carbocycles. The van der Waals surface area contributed by atoms with Gasteiger partial charge in [-0.05, 0) is 57.7 Å². The Hall–Kier alpha value is -1.78. The van der Waals surface area contributed by atoms with E-state index in [-0.39, 0.29) is 5.41 Å². The SMILES string of the molecule is C=C(C)c1cccc(CN(C/C=C/C#CC(C)(C)C)C2CC2)c1. The van der Waals surface area contributed by atoms with Crippen LogP contribution in [0.3, 0.4) is 0 Å². The second-order valence-electron chi connectivity index (χ2n) is 7.56. The van der Waals surface area contributed by atoms with Crippen molar-refractivity contribution in [2.75, 3.05) is 6.54 Å². The van der Waals surface area contributed by atoms with Gasteiger partial charge < -0.3 is 0 Å². The molecule has 0 heterocycles. The number of hydrogen-bond donors (Lipinski definition) is 0. The van der Waals surface area contributed by atoms with E-state index < -0.39 is 0 Å². The third-order valence-corrected chi connectivity index (χ3v) is 3.86. The summed E-state index contributed by atoms with van der Waals surface area (Å²) in [5.41, 5.74) is 3.81. The highest BCUT2D eigenvalue weighted by Crippen LogP contribution is 2.28. The summed E-state index contributed by atoms with van der Waals surface area (Å²) in [5.74, 6) is 6.40. The van der Waals surface area contributed by atoms with Crippen LogP contribution in [0.5, 0.6) is 0 Å². The molecule has 1 saturated carbocycles. The highest BCUT2D eigenvalue weighted by molar-refractivity contribution is 5.61. The zero-order chi connectivity index (χ0) is 16.9. The Kier molecular flexibility index (Phi) is 5.85. The van der Waals surface area contributed by atoms with Crippen molar-refractivity contribution in [1.82, 2.24) is 4.90 Å². The Bertz CT molecular complexity index is 630. The summed E-state index contributed by atoms with van der Waals surface area (Å²) < 4.78 is 0. The van der Waals surface area contributed by atoms with Crippen LogP contribution < -0.4 is 0 Å². The molecule has 0 bridgehead atoms. The molecule has 0 aromatic heterocycles. The summed E-state index contributed by atoms with van der Waals surface area (Å²) in [6.07, 6.45) is 6.84. The second kappa shape index (κ2) is 7.66. The number of allylic oxidation sites excluding steroid dienone is 2. The average molecular weight is 307 g/mol. The normalized spacial score (nSPS) is 14.8. The quantitative estimate of drug-likeness (QED) is 0.645. The molecule has 1 heteroatoms. The molecule has 122 valence electrons. The number of benzene rings is 1. The van der Waals surface area contributed by atoms with Crippen molar-refractivity contribution in [1.29, 1.82) is 0 Å². The van der Waals surface area contributed by atoms with Gasteiger partial charge in [0.1, 0.15) is 0 Å². The third-order valence-electron chi connectivity index (χ3n) is 3.86. The predicted molar refractivity (Wildman–Crippen MR) is 101 cm³/mol. The minimum atomic E-state index is 0.0729. The highest BCUT2D eigenvalue weighted by Gasteiger charge is 2.28. The van der Waals surface area contributed by atoms with E-state index in [9.17, 15) is 0 Å². The van der Waals surface area contributed by atoms with E-state index in [2.05, 4.69) is 81.4 Å². The number of nitrogens with zero attached hydrogens (tertiary/aromatic N) is 1. The lowest BCUT2D eigenvalue weighted by molar-refractivity contribution is 0.283. The van der Waals surface area contributed by atoms with Gasteiger partial charge in [0.15, 0.2) is 0 Å². The first kappa shape index (κ1) is 17.6. The van der Waals surface area contributed by atoms with Crippen LogP contribution in [-0.4, -0.2) is 17.5 Å². The van der Waals surface area contributed by atoms with Gasteiger partial charge >= 0.3 is 0 Å². The molecule has 0 atom stereocenters. The van der Waals surface area contributed by atoms with Gasteiger partial charge in [-0.25, -0.2) is 0 Å². The van der Waals surface area contributed by atoms with Crippen molar-refractivity contribution in [3.63, 3.8) is 0 Å². The van der Waals surface area contributed by atoms with Crippen LogP contribution in [-0.2, 0) is 6.54 Å². The molecule has 1 aliphatic rings. The van der Waals surface area contributed by atoms with E-state index in [1.54, 1.807) is 0 Å². The predicted octanol–water partition coefficient (Wildman–Crippen LogP) is 5.29. The van der Waals surface area contributed by atoms with Crippen LogP contribution >= 0.6 is 0 Å². The van der Waals surface area contributed by atoms with Gasteiger partial charge in [-0.15, -0.1) is 0 Å². The Morgan fingerprint density at radius 1 is 1.35 bits per heavy atom. The molecule has 0 amide bonds. The Morgan fingerprint density at radius 3 is 2.70 bits per heavy atom. The molecule has 23 heavy (non-hydrogen) atoms. The third kappa shape index (κ3) is 6.47. The maximum absolute atomic E-state index is 4.04. The van der Waals surface area contributed by atoms with E-state index in [1.807, 2.05) is 6.08 Å². The summed E-state index contributed by atoms with van der Waals surface area (Å²) >= 11 is 0. The average Bonchev–Trinajstić information content (AvgIpc) is 3.29. The summed E-state index contributed by atoms with van der Waals surface area (Å²) in [4.78, 5) is 2.55. The van der Waals surface area contributed by atoms with Crippen LogP contribution in [0.25, 0.3) is 5.57 Å². The molecular formula is C22H29N. The fourth-order valence-electron chi connectivity index (χ4n) is 2.46. The van der Waals surface area contributed by atoms with Crippen LogP contribution in [0, 0.1) is 17.3 Å². The van der Waals surface area contributed by atoms with Crippen molar-refractivity contribution in [3.8, 4) is 11.8 Å². The van der Waals surface area contributed by atoms with Crippen LogP contribution in [0.15, 0.2) is 43.0 Å². The lowest BCUT2D eigenvalue weighted by atomic mass is 9.98. The molecule has 0 saturated heterocycles. The zero-order valence-corrected chi connectivity index (χ0v) is 15.0. The molecule has 1 nitrogen and oxygen atoms in total. The smallest absolute Gasteiger partial charge is 0.0240 e. The first-order valence-electron chi connectivity index (χ1n) is 8.52. The number of hydrogen-bond acceptors (Lipinski definition) is 1. The molecule has 1 fully saturated rings. The highest BCUT2D eigenvalue weighted by atomic mass is 15.2. The van der Waals surface area contributed by atoms with E-state index in [1.165, 1.54) is 24.0 Å². The molecule has 0 radical (unpaired) electrons. The maximum atomic E-state index is 4.04. The Labute approximate surface area is 142 Å². The van der Waals surface area contributed by atoms with Gasteiger partial charge in [-0.1, -0.05) is 54.3 Å². The van der Waals surface area contributed by atoms with Gasteiger partial charge in [0, 0.05) is 24.5 Å². The largest absolute Gasteiger partial charge is 0.292 e. The summed E-state index contributed by atoms with van der Waals surface area (Å²) in [6, 6.07) is 9.49. The number of rotatable bonds is 6. The zero-order valence-electron chi connectivity index (χ0n) is 15.0. The van der Waals surface area contributed by atoms with Crippen LogP contribution in [0.2, 0.25) is 0 Å². The summed E-state index contributed by atoms with van der Waals surface area (Å²) in [6.45, 7) is 14.5. The van der Waals surface area contributed by atoms with Gasteiger partial charge in [-0.3, -0.25) is 4.90 Å². The van der Waals surface area contributed by atoms with E-state index in [0.717, 1.165) is 24.7 Å². The standard InChI is InChI=1S/C22H29N/c1-18(2)20-11-9-10-19(16-20)17-23(21-12-13-21)15-8-6-7-14-22(3,4)5/h6,8-11,16,21H,1,12-13,15,17H2,2-5H3/b8-6+. The molecule has 0 aliphatic heterocycles. The van der Waals surface area contributed by atoms with E-state index in [0.29, 0.717) is 0 Å². The van der Waals surface area contributed by atoms with Crippen molar-refractivity contribution in [2.45, 2.75) is 53.1 Å². The van der Waals surface area contributed by atoms with Crippen molar-refractivity contribution < 1.29 is 0 Å². The van der Waals surface area contributed by atoms with Gasteiger partial charge in [-0.2, -0.15) is 0 Å². The lowest BCUT2D eigenvalue weighted by Gasteiger charge is -2.20. The van der Waals surface area contributed by atoms with Crippen molar-refractivity contribution in [2.24, 2.45) is 5.41 Å². The molecule has 0 unspecified atom stereocenters. The summed E-state index contributed by atoms with van der Waals surface area (Å²) in [7, 11) is 0. The topological polar surface area (TPSA) is 3.24 Å². The van der Waals surface area contributed by atoms with E-state index >= 15 is 0 Å². The fourth-order valence-corrected chi connectivity index (χ4v) is 2.46. The maximum Gasteiger partial charge on any atom is 0.0240 e. The van der Waals surface area contributed by atoms with E-state index in [4.69, 9.17) is 0 Å².